The van der Waals surface area contributed by atoms with E-state index in [1.54, 1.807) is 0 Å². The van der Waals surface area contributed by atoms with Crippen molar-refractivity contribution in [1.29, 1.82) is 0 Å². The van der Waals surface area contributed by atoms with Crippen molar-refractivity contribution < 1.29 is 23.7 Å². The summed E-state index contributed by atoms with van der Waals surface area (Å²) in [6, 6.07) is 29.8. The quantitative estimate of drug-likeness (QED) is 0.147. The van der Waals surface area contributed by atoms with E-state index in [4.69, 9.17) is 18.6 Å². The standard InChI is InChI=1S/C34H46O5Si/c1-27(22-39-40(5,6)34(2,3)4)32(37-24-29-18-12-8-13-19-29)33(38-25-30-20-14-9-15-21-30)31(35)26-36-23-28-16-10-7-11-17-28/h7-21,31-33,35H,1,22-26H2,2-6H3/t31-,32+,33+/m0/s1. The summed E-state index contributed by atoms with van der Waals surface area (Å²) in [6.07, 6.45) is -2.27. The lowest BCUT2D eigenvalue weighted by molar-refractivity contribution is -0.138. The average molecular weight is 563 g/mol. The fraction of sp³-hybridized carbons (Fsp3) is 0.412. The van der Waals surface area contributed by atoms with E-state index in [0.717, 1.165) is 22.3 Å². The van der Waals surface area contributed by atoms with Crippen molar-refractivity contribution in [2.24, 2.45) is 0 Å². The molecule has 3 aromatic rings. The lowest BCUT2D eigenvalue weighted by Gasteiger charge is -2.38. The Morgan fingerprint density at radius 3 is 1.68 bits per heavy atom. The topological polar surface area (TPSA) is 57.2 Å². The van der Waals surface area contributed by atoms with E-state index in [0.29, 0.717) is 26.4 Å². The Bertz CT molecular complexity index is 1130. The molecule has 0 aliphatic carbocycles. The molecule has 0 saturated heterocycles. The van der Waals surface area contributed by atoms with Gasteiger partial charge in [-0.1, -0.05) is 118 Å². The predicted molar refractivity (Wildman–Crippen MR) is 164 cm³/mol. The number of aliphatic hydroxyl groups excluding tert-OH is 1. The Morgan fingerprint density at radius 2 is 1.20 bits per heavy atom. The van der Waals surface area contributed by atoms with Crippen LogP contribution < -0.4 is 0 Å². The SMILES string of the molecule is C=C(CO[Si](C)(C)C(C)(C)C)[C@@H](OCc1ccccc1)[C@H](OCc1ccccc1)[C@@H](O)COCc1ccccc1. The van der Waals surface area contributed by atoms with Gasteiger partial charge in [0, 0.05) is 0 Å². The van der Waals surface area contributed by atoms with Gasteiger partial charge in [-0.05, 0) is 40.4 Å². The first kappa shape index (κ1) is 31.9. The van der Waals surface area contributed by atoms with E-state index in [1.807, 2.05) is 91.0 Å². The van der Waals surface area contributed by atoms with Crippen LogP contribution in [0.3, 0.4) is 0 Å². The van der Waals surface area contributed by atoms with Gasteiger partial charge >= 0.3 is 0 Å². The maximum absolute atomic E-state index is 11.4. The molecule has 40 heavy (non-hydrogen) atoms. The Balaban J connectivity index is 1.80. The molecule has 3 atom stereocenters. The van der Waals surface area contributed by atoms with Crippen LogP contribution in [-0.2, 0) is 38.5 Å². The molecule has 0 bridgehead atoms. The smallest absolute Gasteiger partial charge is 0.192 e. The second kappa shape index (κ2) is 15.4. The molecule has 0 unspecified atom stereocenters. The summed E-state index contributed by atoms with van der Waals surface area (Å²) in [7, 11) is -2.04. The molecule has 0 fully saturated rings. The minimum absolute atomic E-state index is 0.0572. The van der Waals surface area contributed by atoms with Gasteiger partial charge in [-0.25, -0.2) is 0 Å². The zero-order valence-corrected chi connectivity index (χ0v) is 25.7. The monoisotopic (exact) mass is 562 g/mol. The number of benzene rings is 3. The minimum atomic E-state index is -2.04. The largest absolute Gasteiger partial charge is 0.413 e. The Labute approximate surface area is 241 Å². The molecule has 6 heteroatoms. The molecule has 0 spiro atoms. The van der Waals surface area contributed by atoms with E-state index in [1.165, 1.54) is 0 Å². The van der Waals surface area contributed by atoms with E-state index in [9.17, 15) is 5.11 Å². The molecule has 0 heterocycles. The fourth-order valence-electron chi connectivity index (χ4n) is 3.91. The summed E-state index contributed by atoms with van der Waals surface area (Å²) >= 11 is 0. The summed E-state index contributed by atoms with van der Waals surface area (Å²) < 4.78 is 25.3. The fourth-order valence-corrected chi connectivity index (χ4v) is 4.89. The minimum Gasteiger partial charge on any atom is -0.413 e. The molecule has 0 aliphatic heterocycles. The second-order valence-electron chi connectivity index (χ2n) is 11.8. The molecule has 0 saturated carbocycles. The zero-order valence-electron chi connectivity index (χ0n) is 24.7. The first-order valence-electron chi connectivity index (χ1n) is 14.0. The van der Waals surface area contributed by atoms with E-state index in [2.05, 4.69) is 40.4 Å². The van der Waals surface area contributed by atoms with Crippen molar-refractivity contribution in [3.05, 3.63) is 120 Å². The maximum atomic E-state index is 11.4. The molecular weight excluding hydrogens is 516 g/mol. The highest BCUT2D eigenvalue weighted by atomic mass is 28.4. The van der Waals surface area contributed by atoms with E-state index >= 15 is 0 Å². The number of rotatable bonds is 16. The molecule has 3 aromatic carbocycles. The van der Waals surface area contributed by atoms with Crippen LogP contribution in [-0.4, -0.2) is 44.9 Å². The van der Waals surface area contributed by atoms with Crippen LogP contribution in [0.25, 0.3) is 0 Å². The summed E-state index contributed by atoms with van der Waals surface area (Å²) in [5.41, 5.74) is 3.82. The van der Waals surface area contributed by atoms with Crippen molar-refractivity contribution >= 4 is 8.32 Å². The first-order valence-corrected chi connectivity index (χ1v) is 16.9. The predicted octanol–water partition coefficient (Wildman–Crippen LogP) is 7.31. The van der Waals surface area contributed by atoms with Crippen LogP contribution in [0.4, 0.5) is 0 Å². The van der Waals surface area contributed by atoms with Gasteiger partial charge in [0.15, 0.2) is 8.32 Å². The molecular formula is C34H46O5Si. The maximum Gasteiger partial charge on any atom is 0.192 e. The van der Waals surface area contributed by atoms with Gasteiger partial charge in [-0.2, -0.15) is 0 Å². The molecule has 0 radical (unpaired) electrons. The van der Waals surface area contributed by atoms with Crippen LogP contribution in [0, 0.1) is 0 Å². The third-order valence-corrected chi connectivity index (χ3v) is 11.9. The van der Waals surface area contributed by atoms with Crippen molar-refractivity contribution in [2.45, 2.75) is 77.0 Å². The third kappa shape index (κ3) is 10.1. The highest BCUT2D eigenvalue weighted by Crippen LogP contribution is 2.37. The van der Waals surface area contributed by atoms with Crippen molar-refractivity contribution in [3.63, 3.8) is 0 Å². The third-order valence-electron chi connectivity index (χ3n) is 7.46. The lowest BCUT2D eigenvalue weighted by atomic mass is 10.0. The summed E-state index contributed by atoms with van der Waals surface area (Å²) in [5, 5.41) is 11.5. The molecule has 3 rings (SSSR count). The lowest BCUT2D eigenvalue weighted by Crippen LogP contribution is -2.46. The van der Waals surface area contributed by atoms with E-state index in [-0.39, 0.29) is 11.6 Å². The molecule has 5 nitrogen and oxygen atoms in total. The number of hydrogen-bond acceptors (Lipinski definition) is 5. The first-order chi connectivity index (χ1) is 19.1. The molecule has 0 amide bonds. The number of aliphatic hydroxyl groups is 1. The van der Waals surface area contributed by atoms with Crippen LogP contribution in [0.2, 0.25) is 18.1 Å². The van der Waals surface area contributed by atoms with Crippen LogP contribution in [0.15, 0.2) is 103 Å². The Kier molecular flexibility index (Phi) is 12.3. The Hall–Kier alpha value is -2.58. The summed E-state index contributed by atoms with van der Waals surface area (Å²) in [6.45, 7) is 17.0. The Morgan fingerprint density at radius 1 is 0.750 bits per heavy atom. The van der Waals surface area contributed by atoms with Gasteiger partial charge in [0.2, 0.25) is 0 Å². The van der Waals surface area contributed by atoms with Crippen molar-refractivity contribution in [2.75, 3.05) is 13.2 Å². The highest BCUT2D eigenvalue weighted by molar-refractivity contribution is 6.74. The molecule has 1 N–H and O–H groups in total. The molecule has 0 aliphatic rings. The van der Waals surface area contributed by atoms with Gasteiger partial charge in [-0.3, -0.25) is 0 Å². The second-order valence-corrected chi connectivity index (χ2v) is 16.6. The van der Waals surface area contributed by atoms with E-state index < -0.39 is 26.6 Å². The normalized spacial score (nSPS) is 14.4. The van der Waals surface area contributed by atoms with Crippen LogP contribution in [0.1, 0.15) is 37.5 Å². The van der Waals surface area contributed by atoms with Crippen molar-refractivity contribution in [1.82, 2.24) is 0 Å². The van der Waals surface area contributed by atoms with Gasteiger partial charge < -0.3 is 23.7 Å². The van der Waals surface area contributed by atoms with Crippen LogP contribution >= 0.6 is 0 Å². The number of hydrogen-bond donors (Lipinski definition) is 1. The number of ether oxygens (including phenoxy) is 3. The molecule has 216 valence electrons. The van der Waals surface area contributed by atoms with Gasteiger partial charge in [-0.15, -0.1) is 0 Å². The zero-order chi connectivity index (χ0) is 29.0. The van der Waals surface area contributed by atoms with Crippen LogP contribution in [0.5, 0.6) is 0 Å². The van der Waals surface area contributed by atoms with Gasteiger partial charge in [0.1, 0.15) is 18.3 Å². The van der Waals surface area contributed by atoms with Crippen molar-refractivity contribution in [3.8, 4) is 0 Å². The highest BCUT2D eigenvalue weighted by Gasteiger charge is 2.39. The summed E-state index contributed by atoms with van der Waals surface area (Å²) in [4.78, 5) is 0. The van der Waals surface area contributed by atoms with Gasteiger partial charge in [0.25, 0.3) is 0 Å². The summed E-state index contributed by atoms with van der Waals surface area (Å²) in [5.74, 6) is 0. The molecule has 0 aromatic heterocycles. The van der Waals surface area contributed by atoms with Gasteiger partial charge in [0.05, 0.1) is 33.0 Å². The average Bonchev–Trinajstić information content (AvgIpc) is 2.94.